The van der Waals surface area contributed by atoms with Crippen LogP contribution in [0.3, 0.4) is 0 Å². The zero-order valence-corrected chi connectivity index (χ0v) is 11.5. The summed E-state index contributed by atoms with van der Waals surface area (Å²) in [5.74, 6) is -1.21. The first kappa shape index (κ1) is 13.2. The Morgan fingerprint density at radius 3 is 2.67 bits per heavy atom. The van der Waals surface area contributed by atoms with E-state index in [-0.39, 0.29) is 12.0 Å². The monoisotopic (exact) mass is 282 g/mol. The third kappa shape index (κ3) is 2.47. The van der Waals surface area contributed by atoms with Crippen LogP contribution in [0, 0.1) is 0 Å². The summed E-state index contributed by atoms with van der Waals surface area (Å²) in [5, 5.41) is 2.42. The number of amides is 2. The second kappa shape index (κ2) is 5.32. The average Bonchev–Trinajstić information content (AvgIpc) is 2.83. The minimum atomic E-state index is -0.732. The summed E-state index contributed by atoms with van der Waals surface area (Å²) >= 11 is 0. The van der Waals surface area contributed by atoms with E-state index in [9.17, 15) is 9.59 Å². The summed E-state index contributed by atoms with van der Waals surface area (Å²) in [5.41, 5.74) is 1.86. The maximum Gasteiger partial charge on any atom is 0.317 e. The second-order valence-corrected chi connectivity index (χ2v) is 4.88. The Bertz CT molecular complexity index is 687. The topological polar surface area (TPSA) is 75.2 Å². The highest BCUT2D eigenvalue weighted by molar-refractivity contribution is 6.44. The van der Waals surface area contributed by atoms with Gasteiger partial charge in [-0.3, -0.25) is 14.9 Å². The van der Waals surface area contributed by atoms with Gasteiger partial charge in [-0.15, -0.1) is 0 Å². The molecule has 1 aromatic carbocycles. The molecule has 1 unspecified atom stereocenters. The molecule has 0 spiro atoms. The van der Waals surface area contributed by atoms with Crippen LogP contribution in [-0.2, 0) is 16.0 Å². The number of benzene rings is 1. The molecule has 0 fully saturated rings. The van der Waals surface area contributed by atoms with E-state index in [1.165, 1.54) is 17.3 Å². The number of nitrogens with one attached hydrogen (secondary N) is 1. The van der Waals surface area contributed by atoms with Gasteiger partial charge < -0.3 is 4.90 Å². The van der Waals surface area contributed by atoms with Gasteiger partial charge in [-0.2, -0.15) is 0 Å². The molecule has 3 rings (SSSR count). The summed E-state index contributed by atoms with van der Waals surface area (Å²) in [6.45, 7) is 1.92. The number of anilines is 2. The molecule has 6 nitrogen and oxygen atoms in total. The summed E-state index contributed by atoms with van der Waals surface area (Å²) in [4.78, 5) is 33.7. The molecule has 106 valence electrons. The van der Waals surface area contributed by atoms with E-state index in [0.717, 1.165) is 17.7 Å². The molecule has 21 heavy (non-hydrogen) atoms. The Hall–Kier alpha value is -2.76. The van der Waals surface area contributed by atoms with Gasteiger partial charge in [-0.25, -0.2) is 9.97 Å². The molecule has 1 aliphatic rings. The zero-order chi connectivity index (χ0) is 14.8. The van der Waals surface area contributed by atoms with Gasteiger partial charge in [0.25, 0.3) is 0 Å². The SMILES string of the molecule is CC1Cc2ccccc2N1C(=O)C(=O)Nc1ncccn1. The molecular formula is C15H14N4O2. The number of fused-ring (bicyclic) bond motifs is 1. The fourth-order valence-corrected chi connectivity index (χ4v) is 2.50. The second-order valence-electron chi connectivity index (χ2n) is 4.88. The number of hydrogen-bond donors (Lipinski definition) is 1. The van der Waals surface area contributed by atoms with Crippen molar-refractivity contribution in [1.82, 2.24) is 9.97 Å². The fraction of sp³-hybridized carbons (Fsp3) is 0.200. The number of carbonyl (C=O) groups excluding carboxylic acids is 2. The van der Waals surface area contributed by atoms with Crippen LogP contribution < -0.4 is 10.2 Å². The quantitative estimate of drug-likeness (QED) is 0.802. The van der Waals surface area contributed by atoms with Crippen molar-refractivity contribution in [3.8, 4) is 0 Å². The summed E-state index contributed by atoms with van der Waals surface area (Å²) in [6, 6.07) is 9.20. The summed E-state index contributed by atoms with van der Waals surface area (Å²) in [7, 11) is 0. The van der Waals surface area contributed by atoms with Crippen LogP contribution in [0.4, 0.5) is 11.6 Å². The van der Waals surface area contributed by atoms with E-state index >= 15 is 0 Å². The first-order valence-corrected chi connectivity index (χ1v) is 6.66. The number of hydrogen-bond acceptors (Lipinski definition) is 4. The highest BCUT2D eigenvalue weighted by Crippen LogP contribution is 2.31. The van der Waals surface area contributed by atoms with Gasteiger partial charge in [0.05, 0.1) is 0 Å². The molecular weight excluding hydrogens is 268 g/mol. The minimum Gasteiger partial charge on any atom is -0.301 e. The molecule has 1 atom stereocenters. The number of aromatic nitrogens is 2. The van der Waals surface area contributed by atoms with Crippen molar-refractivity contribution in [1.29, 1.82) is 0 Å². The smallest absolute Gasteiger partial charge is 0.301 e. The van der Waals surface area contributed by atoms with E-state index in [1.54, 1.807) is 6.07 Å². The zero-order valence-electron chi connectivity index (χ0n) is 11.5. The van der Waals surface area contributed by atoms with Crippen LogP contribution in [0.1, 0.15) is 12.5 Å². The lowest BCUT2D eigenvalue weighted by Gasteiger charge is -2.21. The molecule has 2 aromatic rings. The van der Waals surface area contributed by atoms with Crippen molar-refractivity contribution < 1.29 is 9.59 Å². The van der Waals surface area contributed by atoms with E-state index in [1.807, 2.05) is 31.2 Å². The minimum absolute atomic E-state index is 0.0441. The highest BCUT2D eigenvalue weighted by atomic mass is 16.2. The van der Waals surface area contributed by atoms with Gasteiger partial charge in [0.15, 0.2) is 0 Å². The normalized spacial score (nSPS) is 16.4. The predicted octanol–water partition coefficient (Wildman–Crippen LogP) is 1.39. The molecule has 2 heterocycles. The fourth-order valence-electron chi connectivity index (χ4n) is 2.50. The lowest BCUT2D eigenvalue weighted by Crippen LogP contribution is -2.43. The predicted molar refractivity (Wildman–Crippen MR) is 77.8 cm³/mol. The molecule has 6 heteroatoms. The molecule has 1 aromatic heterocycles. The van der Waals surface area contributed by atoms with E-state index in [0.29, 0.717) is 0 Å². The van der Waals surface area contributed by atoms with Crippen molar-refractivity contribution in [2.45, 2.75) is 19.4 Å². The molecule has 1 aliphatic heterocycles. The third-order valence-corrected chi connectivity index (χ3v) is 3.41. The van der Waals surface area contributed by atoms with Crippen LogP contribution in [-0.4, -0.2) is 27.8 Å². The maximum atomic E-state index is 12.4. The molecule has 0 saturated carbocycles. The first-order chi connectivity index (χ1) is 10.2. The van der Waals surface area contributed by atoms with Crippen LogP contribution in [0.15, 0.2) is 42.7 Å². The Balaban J connectivity index is 1.81. The first-order valence-electron chi connectivity index (χ1n) is 6.66. The van der Waals surface area contributed by atoms with Gasteiger partial charge >= 0.3 is 11.8 Å². The van der Waals surface area contributed by atoms with Gasteiger partial charge in [-0.05, 0) is 31.0 Å². The maximum absolute atomic E-state index is 12.4. The molecule has 0 aliphatic carbocycles. The van der Waals surface area contributed by atoms with Crippen molar-refractivity contribution in [2.24, 2.45) is 0 Å². The number of para-hydroxylation sites is 1. The van der Waals surface area contributed by atoms with E-state index in [2.05, 4.69) is 15.3 Å². The molecule has 2 amide bonds. The average molecular weight is 282 g/mol. The van der Waals surface area contributed by atoms with Crippen molar-refractivity contribution in [3.63, 3.8) is 0 Å². The Labute approximate surface area is 121 Å². The van der Waals surface area contributed by atoms with Crippen LogP contribution in [0.5, 0.6) is 0 Å². The summed E-state index contributed by atoms with van der Waals surface area (Å²) < 4.78 is 0. The number of nitrogens with zero attached hydrogens (tertiary/aromatic N) is 3. The lowest BCUT2D eigenvalue weighted by atomic mass is 10.1. The van der Waals surface area contributed by atoms with Gasteiger partial charge in [0.2, 0.25) is 5.95 Å². The van der Waals surface area contributed by atoms with Crippen LogP contribution in [0.2, 0.25) is 0 Å². The molecule has 0 radical (unpaired) electrons. The van der Waals surface area contributed by atoms with E-state index in [4.69, 9.17) is 0 Å². The van der Waals surface area contributed by atoms with Gasteiger partial charge in [0.1, 0.15) is 0 Å². The number of rotatable bonds is 1. The molecule has 0 bridgehead atoms. The summed E-state index contributed by atoms with van der Waals surface area (Å²) in [6.07, 6.45) is 3.75. The largest absolute Gasteiger partial charge is 0.317 e. The van der Waals surface area contributed by atoms with Crippen molar-refractivity contribution in [2.75, 3.05) is 10.2 Å². The molecule has 0 saturated heterocycles. The van der Waals surface area contributed by atoms with Crippen molar-refractivity contribution >= 4 is 23.5 Å². The van der Waals surface area contributed by atoms with E-state index < -0.39 is 11.8 Å². The lowest BCUT2D eigenvalue weighted by molar-refractivity contribution is -0.134. The van der Waals surface area contributed by atoms with Crippen molar-refractivity contribution in [3.05, 3.63) is 48.3 Å². The third-order valence-electron chi connectivity index (χ3n) is 3.41. The van der Waals surface area contributed by atoms with Crippen LogP contribution >= 0.6 is 0 Å². The van der Waals surface area contributed by atoms with Gasteiger partial charge in [0, 0.05) is 24.1 Å². The molecule has 1 N–H and O–H groups in total. The highest BCUT2D eigenvalue weighted by Gasteiger charge is 2.34. The van der Waals surface area contributed by atoms with Gasteiger partial charge in [-0.1, -0.05) is 18.2 Å². The Morgan fingerprint density at radius 1 is 1.19 bits per heavy atom. The Morgan fingerprint density at radius 2 is 1.90 bits per heavy atom. The Kier molecular flexibility index (Phi) is 3.35. The standard InChI is InChI=1S/C15H14N4O2/c1-10-9-11-5-2-3-6-12(11)19(10)14(21)13(20)18-15-16-7-4-8-17-15/h2-8,10H,9H2,1H3,(H,16,17,18,20). The van der Waals surface area contributed by atoms with Crippen LogP contribution in [0.25, 0.3) is 0 Å². The number of carbonyl (C=O) groups is 2.